The number of amides is 2. The molecule has 12 heteroatoms. The third-order valence-electron chi connectivity index (χ3n) is 6.96. The van der Waals surface area contributed by atoms with Crippen molar-refractivity contribution in [3.05, 3.63) is 101 Å². The summed E-state index contributed by atoms with van der Waals surface area (Å²) in [7, 11) is 0. The second-order valence-electron chi connectivity index (χ2n) is 9.92. The number of nitrogen functional groups attached to an aromatic ring is 1. The van der Waals surface area contributed by atoms with Crippen LogP contribution in [-0.4, -0.2) is 46.4 Å². The maximum atomic E-state index is 13.2. The summed E-state index contributed by atoms with van der Waals surface area (Å²) in [4.78, 5) is 21.6. The number of nitrogens with two attached hydrogens (primary N) is 1. The van der Waals surface area contributed by atoms with Crippen LogP contribution in [0.1, 0.15) is 34.3 Å². The smallest absolute Gasteiger partial charge is 0.315 e. The van der Waals surface area contributed by atoms with E-state index in [2.05, 4.69) is 41.3 Å². The fourth-order valence-corrected chi connectivity index (χ4v) is 4.92. The summed E-state index contributed by atoms with van der Waals surface area (Å²) in [5, 5.41) is 25.5. The Kier molecular flexibility index (Phi) is 6.86. The van der Waals surface area contributed by atoms with Gasteiger partial charge < -0.3 is 21.4 Å². The quantitative estimate of drug-likeness (QED) is 0.192. The number of fused-ring (bicyclic) bond motifs is 1. The number of anilines is 1. The highest BCUT2D eigenvalue weighted by atomic mass is 16.2. The number of hydrogen-bond donors (Lipinski definition) is 5. The molecule has 3 heterocycles. The zero-order valence-corrected chi connectivity index (χ0v) is 22.6. The van der Waals surface area contributed by atoms with Crippen LogP contribution >= 0.6 is 0 Å². The van der Waals surface area contributed by atoms with Gasteiger partial charge in [0.1, 0.15) is 12.2 Å². The lowest BCUT2D eigenvalue weighted by atomic mass is 10.1. The van der Waals surface area contributed by atoms with E-state index in [0.717, 1.165) is 50.2 Å². The zero-order chi connectivity index (χ0) is 28.3. The summed E-state index contributed by atoms with van der Waals surface area (Å²) in [6, 6.07) is 21.1. The van der Waals surface area contributed by atoms with Gasteiger partial charge in [-0.2, -0.15) is 5.10 Å². The fraction of sp³-hybridized carbons (Fsp3) is 0.172. The van der Waals surface area contributed by atoms with Crippen LogP contribution in [0.4, 0.5) is 10.6 Å². The number of nitrogens with one attached hydrogen (secondary N) is 4. The van der Waals surface area contributed by atoms with Crippen molar-refractivity contribution >= 4 is 22.8 Å². The second kappa shape index (κ2) is 10.9. The molecule has 41 heavy (non-hydrogen) atoms. The summed E-state index contributed by atoms with van der Waals surface area (Å²) in [6.45, 7) is 4.25. The first kappa shape index (κ1) is 25.7. The highest BCUT2D eigenvalue weighted by Crippen LogP contribution is 2.28. The van der Waals surface area contributed by atoms with Crippen molar-refractivity contribution in [1.82, 2.24) is 51.0 Å². The Morgan fingerprint density at radius 1 is 1.07 bits per heavy atom. The molecule has 6 aromatic rings. The van der Waals surface area contributed by atoms with E-state index < -0.39 is 6.04 Å². The normalized spacial score (nSPS) is 12.0. The van der Waals surface area contributed by atoms with E-state index in [-0.39, 0.29) is 12.6 Å². The van der Waals surface area contributed by atoms with Crippen molar-refractivity contribution in [3.63, 3.8) is 0 Å². The maximum Gasteiger partial charge on any atom is 0.315 e. The topological polar surface area (TPSA) is 168 Å². The minimum Gasteiger partial charge on any atom is -0.382 e. The molecule has 206 valence electrons. The molecule has 0 saturated heterocycles. The summed E-state index contributed by atoms with van der Waals surface area (Å²) in [6.07, 6.45) is 2.08. The van der Waals surface area contributed by atoms with Crippen molar-refractivity contribution in [2.45, 2.75) is 32.9 Å². The number of carbonyl (C=O) groups is 1. The zero-order valence-electron chi connectivity index (χ0n) is 22.6. The molecule has 0 spiro atoms. The van der Waals surface area contributed by atoms with E-state index >= 15 is 0 Å². The Labute approximate surface area is 235 Å². The Morgan fingerprint density at radius 2 is 1.93 bits per heavy atom. The fourth-order valence-electron chi connectivity index (χ4n) is 4.92. The van der Waals surface area contributed by atoms with Gasteiger partial charge in [-0.1, -0.05) is 54.1 Å². The van der Waals surface area contributed by atoms with Gasteiger partial charge in [-0.3, -0.25) is 5.10 Å². The lowest BCUT2D eigenvalue weighted by Crippen LogP contribution is -2.39. The number of nitrogens with zero attached hydrogens (tertiary/aromatic N) is 6. The van der Waals surface area contributed by atoms with Crippen LogP contribution in [0.15, 0.2) is 73.1 Å². The van der Waals surface area contributed by atoms with Gasteiger partial charge >= 0.3 is 6.03 Å². The van der Waals surface area contributed by atoms with Crippen molar-refractivity contribution in [2.75, 3.05) is 5.73 Å². The largest absolute Gasteiger partial charge is 0.382 e. The predicted octanol–water partition coefficient (Wildman–Crippen LogP) is 3.91. The van der Waals surface area contributed by atoms with Gasteiger partial charge in [0.2, 0.25) is 0 Å². The van der Waals surface area contributed by atoms with Gasteiger partial charge in [0.25, 0.3) is 0 Å². The number of urea groups is 1. The monoisotopic (exact) mass is 547 g/mol. The number of rotatable bonds is 8. The maximum absolute atomic E-state index is 13.2. The Morgan fingerprint density at radius 3 is 2.73 bits per heavy atom. The van der Waals surface area contributed by atoms with Crippen LogP contribution in [0.5, 0.6) is 0 Å². The van der Waals surface area contributed by atoms with E-state index in [0.29, 0.717) is 18.1 Å². The third-order valence-corrected chi connectivity index (χ3v) is 6.96. The molecule has 0 aliphatic carbocycles. The molecule has 12 nitrogen and oxygen atoms in total. The summed E-state index contributed by atoms with van der Waals surface area (Å²) in [5.74, 6) is 1.12. The van der Waals surface area contributed by atoms with Crippen LogP contribution in [0.25, 0.3) is 27.8 Å². The average molecular weight is 548 g/mol. The van der Waals surface area contributed by atoms with Crippen molar-refractivity contribution in [3.8, 4) is 16.9 Å². The Bertz CT molecular complexity index is 1810. The number of carbonyl (C=O) groups excluding carboxylic acids is 1. The Hall–Kier alpha value is -5.52. The lowest BCUT2D eigenvalue weighted by molar-refractivity contribution is 0.236. The molecule has 0 saturated carbocycles. The van der Waals surface area contributed by atoms with Crippen LogP contribution in [0.3, 0.4) is 0 Å². The molecule has 6 rings (SSSR count). The Balaban J connectivity index is 1.24. The van der Waals surface area contributed by atoms with E-state index in [1.54, 1.807) is 4.68 Å². The van der Waals surface area contributed by atoms with Gasteiger partial charge in [-0.15, -0.1) is 5.10 Å². The highest BCUT2D eigenvalue weighted by molar-refractivity contribution is 5.91. The number of tetrazole rings is 1. The van der Waals surface area contributed by atoms with E-state index in [1.807, 2.05) is 80.6 Å². The number of hydrogen-bond acceptors (Lipinski definition) is 7. The minimum atomic E-state index is -0.409. The van der Waals surface area contributed by atoms with Gasteiger partial charge in [0.15, 0.2) is 5.82 Å². The van der Waals surface area contributed by atoms with E-state index in [9.17, 15) is 4.79 Å². The molecule has 1 atom stereocenters. The van der Waals surface area contributed by atoms with E-state index in [1.165, 1.54) is 6.33 Å². The van der Waals surface area contributed by atoms with Crippen LogP contribution in [0.2, 0.25) is 0 Å². The molecule has 0 aliphatic rings. The molecule has 3 aromatic carbocycles. The highest BCUT2D eigenvalue weighted by Gasteiger charge is 2.21. The van der Waals surface area contributed by atoms with Gasteiger partial charge in [-0.05, 0) is 60.0 Å². The van der Waals surface area contributed by atoms with E-state index in [4.69, 9.17) is 10.7 Å². The van der Waals surface area contributed by atoms with Crippen LogP contribution in [-0.2, 0) is 13.0 Å². The van der Waals surface area contributed by atoms with Crippen LogP contribution in [0, 0.1) is 13.8 Å². The first-order chi connectivity index (χ1) is 19.9. The summed E-state index contributed by atoms with van der Waals surface area (Å²) < 4.78 is 1.58. The predicted molar refractivity (Wildman–Crippen MR) is 155 cm³/mol. The molecular weight excluding hydrogens is 518 g/mol. The second-order valence-corrected chi connectivity index (χ2v) is 9.92. The van der Waals surface area contributed by atoms with Crippen molar-refractivity contribution in [1.29, 1.82) is 0 Å². The molecule has 2 amide bonds. The third kappa shape index (κ3) is 5.48. The number of aryl methyl sites for hydroxylation is 2. The molecule has 0 unspecified atom stereocenters. The minimum absolute atomic E-state index is 0.288. The average Bonchev–Trinajstić information content (AvgIpc) is 3.73. The number of imidazole rings is 1. The molecule has 0 radical (unpaired) electrons. The molecular formula is C29H29N11O. The van der Waals surface area contributed by atoms with Gasteiger partial charge in [0.05, 0.1) is 22.9 Å². The number of aromatic amines is 2. The van der Waals surface area contributed by atoms with Crippen LogP contribution < -0.4 is 16.4 Å². The van der Waals surface area contributed by atoms with Crippen molar-refractivity contribution in [2.24, 2.45) is 0 Å². The standard InChI is InChI=1S/C29H29N11O/c1-17-8-11-25(40-16-32-38-39-40)21(12-17)15-31-29(41)34-24(13-19-6-4-3-5-7-19)28-33-18(2)26(35-28)20-9-10-22-23(14-20)36-37-27(22)30/h3-12,14,16,24H,13,15H2,1-2H3,(H,33,35)(H3,30,36,37)(H2,31,34,41)/t24-/m0/s1. The lowest BCUT2D eigenvalue weighted by Gasteiger charge is -2.18. The summed E-state index contributed by atoms with van der Waals surface area (Å²) >= 11 is 0. The summed E-state index contributed by atoms with van der Waals surface area (Å²) in [5.41, 5.74) is 13.2. The van der Waals surface area contributed by atoms with Gasteiger partial charge in [0, 0.05) is 23.2 Å². The SMILES string of the molecule is Cc1ccc(-n2cnnn2)c(CNC(=O)N[C@@H](Cc2ccccc2)c2nc(-c3ccc4c(N)n[nH]c4c3)c(C)[nH]2)c1. The molecule has 0 aliphatic heterocycles. The molecule has 0 fully saturated rings. The molecule has 0 bridgehead atoms. The number of aromatic nitrogens is 8. The molecule has 3 aromatic heterocycles. The van der Waals surface area contributed by atoms with Gasteiger partial charge in [-0.25, -0.2) is 14.5 Å². The number of benzene rings is 3. The molecule has 6 N–H and O–H groups in total. The van der Waals surface area contributed by atoms with Crippen molar-refractivity contribution < 1.29 is 4.79 Å². The first-order valence-electron chi connectivity index (χ1n) is 13.2. The first-order valence-corrected chi connectivity index (χ1v) is 13.2. The number of H-pyrrole nitrogens is 2.